The number of aldehydes is 1. The summed E-state index contributed by atoms with van der Waals surface area (Å²) in [5.41, 5.74) is 1.19. The van der Waals surface area contributed by atoms with Crippen molar-refractivity contribution < 1.29 is 9.59 Å². The van der Waals surface area contributed by atoms with Crippen LogP contribution >= 0.6 is 0 Å². The van der Waals surface area contributed by atoms with Crippen molar-refractivity contribution >= 4 is 12.2 Å². The molecule has 1 heterocycles. The Morgan fingerprint density at radius 2 is 2.37 bits per heavy atom. The molecular formula is C15H24N2O2. The molecule has 0 N–H and O–H groups in total. The van der Waals surface area contributed by atoms with E-state index in [9.17, 15) is 9.59 Å². The molecule has 2 rings (SSSR count). The fourth-order valence-electron chi connectivity index (χ4n) is 3.06. The van der Waals surface area contributed by atoms with Crippen molar-refractivity contribution in [3.8, 4) is 0 Å². The van der Waals surface area contributed by atoms with Crippen LogP contribution in [0.15, 0.2) is 11.8 Å². The number of allylic oxidation sites excluding steroid dienone is 2. The van der Waals surface area contributed by atoms with E-state index in [1.54, 1.807) is 0 Å². The predicted molar refractivity (Wildman–Crippen MR) is 74.5 cm³/mol. The van der Waals surface area contributed by atoms with E-state index in [0.29, 0.717) is 6.54 Å². The fourth-order valence-corrected chi connectivity index (χ4v) is 3.06. The molecule has 1 fully saturated rings. The molecule has 1 saturated heterocycles. The first-order valence-electron chi connectivity index (χ1n) is 7.41. The molecule has 4 nitrogen and oxygen atoms in total. The number of hydrogen-bond acceptors (Lipinski definition) is 3. The molecule has 0 aromatic heterocycles. The molecule has 0 aromatic carbocycles. The highest BCUT2D eigenvalue weighted by atomic mass is 16.2. The largest absolute Gasteiger partial charge is 0.316 e. The van der Waals surface area contributed by atoms with Gasteiger partial charge in [0.25, 0.3) is 0 Å². The molecule has 0 spiro atoms. The van der Waals surface area contributed by atoms with Gasteiger partial charge in [-0.1, -0.05) is 6.08 Å². The average molecular weight is 264 g/mol. The molecular weight excluding hydrogens is 240 g/mol. The van der Waals surface area contributed by atoms with E-state index in [-0.39, 0.29) is 11.8 Å². The lowest BCUT2D eigenvalue weighted by Gasteiger charge is -2.32. The van der Waals surface area contributed by atoms with Crippen LogP contribution in [0.5, 0.6) is 0 Å². The smallest absolute Gasteiger partial charge is 0.240 e. The van der Waals surface area contributed by atoms with E-state index in [0.717, 1.165) is 58.0 Å². The second-order valence-electron chi connectivity index (χ2n) is 5.50. The van der Waals surface area contributed by atoms with Gasteiger partial charge in [0.15, 0.2) is 0 Å². The third kappa shape index (κ3) is 3.66. The fraction of sp³-hybridized carbons (Fsp3) is 0.733. The minimum Gasteiger partial charge on any atom is -0.316 e. The number of carbonyl (C=O) groups excluding carboxylic acids is 2. The van der Waals surface area contributed by atoms with E-state index in [1.807, 2.05) is 11.8 Å². The van der Waals surface area contributed by atoms with Crippen LogP contribution in [0.1, 0.15) is 39.0 Å². The second kappa shape index (κ2) is 6.85. The summed E-state index contributed by atoms with van der Waals surface area (Å²) in [7, 11) is 0. The van der Waals surface area contributed by atoms with Crippen LogP contribution in [0.25, 0.3) is 0 Å². The van der Waals surface area contributed by atoms with E-state index in [4.69, 9.17) is 0 Å². The summed E-state index contributed by atoms with van der Waals surface area (Å²) in [5.74, 6) is 0.296. The number of amides is 1. The molecule has 1 unspecified atom stereocenters. The maximum atomic E-state index is 12.4. The molecule has 2 aliphatic rings. The Kier molecular flexibility index (Phi) is 5.14. The van der Waals surface area contributed by atoms with Gasteiger partial charge in [-0.25, -0.2) is 0 Å². The molecule has 0 aromatic rings. The van der Waals surface area contributed by atoms with Crippen molar-refractivity contribution in [2.24, 2.45) is 5.92 Å². The van der Waals surface area contributed by atoms with E-state index in [2.05, 4.69) is 11.0 Å². The van der Waals surface area contributed by atoms with Crippen LogP contribution in [-0.4, -0.2) is 48.2 Å². The maximum Gasteiger partial charge on any atom is 0.240 e. The lowest BCUT2D eigenvalue weighted by atomic mass is 10.00. The summed E-state index contributed by atoms with van der Waals surface area (Å²) in [5, 5.41) is 0. The number of likely N-dealkylation sites (tertiary alicyclic amines) is 1. The minimum atomic E-state index is 0.113. The molecule has 1 atom stereocenters. The van der Waals surface area contributed by atoms with E-state index in [1.165, 1.54) is 5.70 Å². The Morgan fingerprint density at radius 3 is 3.00 bits per heavy atom. The van der Waals surface area contributed by atoms with Crippen molar-refractivity contribution in [2.75, 3.05) is 26.2 Å². The molecule has 0 bridgehead atoms. The van der Waals surface area contributed by atoms with Crippen LogP contribution in [0.2, 0.25) is 0 Å². The van der Waals surface area contributed by atoms with Crippen molar-refractivity contribution in [1.82, 2.24) is 9.80 Å². The predicted octanol–water partition coefficient (Wildman–Crippen LogP) is 1.81. The van der Waals surface area contributed by atoms with Crippen LogP contribution in [0.3, 0.4) is 0 Å². The Balaban J connectivity index is 1.89. The molecule has 1 amide bonds. The van der Waals surface area contributed by atoms with Gasteiger partial charge >= 0.3 is 0 Å². The van der Waals surface area contributed by atoms with Gasteiger partial charge in [-0.05, 0) is 45.6 Å². The Morgan fingerprint density at radius 1 is 1.53 bits per heavy atom. The topological polar surface area (TPSA) is 40.6 Å². The number of nitrogens with zero attached hydrogens (tertiary/aromatic N) is 2. The zero-order valence-corrected chi connectivity index (χ0v) is 11.8. The van der Waals surface area contributed by atoms with Crippen LogP contribution in [0.4, 0.5) is 0 Å². The van der Waals surface area contributed by atoms with Gasteiger partial charge in [0.1, 0.15) is 6.29 Å². The highest BCUT2D eigenvalue weighted by Crippen LogP contribution is 2.22. The van der Waals surface area contributed by atoms with Crippen molar-refractivity contribution in [1.29, 1.82) is 0 Å². The lowest BCUT2D eigenvalue weighted by molar-refractivity contribution is -0.131. The zero-order valence-electron chi connectivity index (χ0n) is 11.8. The molecule has 1 aliphatic heterocycles. The van der Waals surface area contributed by atoms with Crippen LogP contribution in [-0.2, 0) is 9.59 Å². The number of rotatable bonds is 5. The van der Waals surface area contributed by atoms with Gasteiger partial charge in [-0.15, -0.1) is 0 Å². The highest BCUT2D eigenvalue weighted by Gasteiger charge is 2.24. The van der Waals surface area contributed by atoms with E-state index < -0.39 is 0 Å². The van der Waals surface area contributed by atoms with Crippen molar-refractivity contribution in [3.05, 3.63) is 11.8 Å². The SMILES string of the molecule is CCN(C(=O)CN1CCCC(C=O)C1)C1=CCCC1. The normalized spacial score (nSPS) is 24.1. The Hall–Kier alpha value is -1.16. The number of carbonyl (C=O) groups is 2. The molecule has 4 heteroatoms. The summed E-state index contributed by atoms with van der Waals surface area (Å²) >= 11 is 0. The summed E-state index contributed by atoms with van der Waals surface area (Å²) in [6.45, 7) is 4.91. The van der Waals surface area contributed by atoms with Gasteiger partial charge in [-0.3, -0.25) is 9.69 Å². The highest BCUT2D eigenvalue weighted by molar-refractivity contribution is 5.80. The second-order valence-corrected chi connectivity index (χ2v) is 5.50. The van der Waals surface area contributed by atoms with Crippen LogP contribution < -0.4 is 0 Å². The number of likely N-dealkylation sites (N-methyl/N-ethyl adjacent to an activating group) is 1. The van der Waals surface area contributed by atoms with Crippen molar-refractivity contribution in [2.45, 2.75) is 39.0 Å². The summed E-state index contributed by atoms with van der Waals surface area (Å²) in [6, 6.07) is 0. The molecule has 19 heavy (non-hydrogen) atoms. The number of piperidine rings is 1. The molecule has 0 saturated carbocycles. The van der Waals surface area contributed by atoms with Gasteiger partial charge in [0, 0.05) is 24.7 Å². The first-order valence-corrected chi connectivity index (χ1v) is 7.41. The van der Waals surface area contributed by atoms with Crippen LogP contribution in [0, 0.1) is 5.92 Å². The summed E-state index contributed by atoms with van der Waals surface area (Å²) in [6.07, 6.45) is 8.49. The van der Waals surface area contributed by atoms with Gasteiger partial charge in [0.05, 0.1) is 6.54 Å². The third-order valence-corrected chi connectivity index (χ3v) is 4.07. The van der Waals surface area contributed by atoms with Gasteiger partial charge < -0.3 is 9.69 Å². The average Bonchev–Trinajstić information content (AvgIpc) is 2.93. The minimum absolute atomic E-state index is 0.113. The Labute approximate surface area is 115 Å². The number of hydrogen-bond donors (Lipinski definition) is 0. The van der Waals surface area contributed by atoms with Crippen molar-refractivity contribution in [3.63, 3.8) is 0 Å². The zero-order chi connectivity index (χ0) is 13.7. The summed E-state index contributed by atoms with van der Waals surface area (Å²) in [4.78, 5) is 27.3. The first kappa shape index (κ1) is 14.3. The monoisotopic (exact) mass is 264 g/mol. The van der Waals surface area contributed by atoms with Gasteiger partial charge in [-0.2, -0.15) is 0 Å². The first-order chi connectivity index (χ1) is 9.24. The van der Waals surface area contributed by atoms with E-state index >= 15 is 0 Å². The summed E-state index contributed by atoms with van der Waals surface area (Å²) < 4.78 is 0. The van der Waals surface area contributed by atoms with Gasteiger partial charge in [0.2, 0.25) is 5.91 Å². The molecule has 1 aliphatic carbocycles. The molecule has 0 radical (unpaired) electrons. The quantitative estimate of drug-likeness (QED) is 0.711. The molecule has 106 valence electrons. The standard InChI is InChI=1S/C15H24N2O2/c1-2-17(14-7-3-4-8-14)15(19)11-16-9-5-6-13(10-16)12-18/h7,12-13H,2-6,8-11H2,1H3. The lowest BCUT2D eigenvalue weighted by Crippen LogP contribution is -2.44. The third-order valence-electron chi connectivity index (χ3n) is 4.07. The maximum absolute atomic E-state index is 12.4. The Bertz CT molecular complexity index is 365.